The Morgan fingerprint density at radius 3 is 2.83 bits per heavy atom. The van der Waals surface area contributed by atoms with Gasteiger partial charge in [-0.25, -0.2) is 13.2 Å². The number of carbonyl (C=O) groups excluding carboxylic acids is 1. The maximum atomic E-state index is 12.2. The molecule has 0 saturated heterocycles. The molecule has 0 aliphatic heterocycles. The number of nitrogens with zero attached hydrogens (tertiary/aromatic N) is 2. The van der Waals surface area contributed by atoms with Crippen molar-refractivity contribution >= 4 is 21.7 Å². The molecule has 1 aromatic heterocycles. The van der Waals surface area contributed by atoms with E-state index in [0.717, 1.165) is 12.7 Å². The topological polar surface area (TPSA) is 111 Å². The molecule has 0 radical (unpaired) electrons. The Bertz CT molecular complexity index is 816. The van der Waals surface area contributed by atoms with Crippen LogP contribution in [0.5, 0.6) is 0 Å². The summed E-state index contributed by atoms with van der Waals surface area (Å²) in [5, 5.41) is 3.81. The smallest absolute Gasteiger partial charge is 0.338 e. The van der Waals surface area contributed by atoms with Crippen molar-refractivity contribution in [3.05, 3.63) is 41.5 Å². The molecule has 2 rings (SSSR count). The van der Waals surface area contributed by atoms with Crippen LogP contribution in [0, 0.1) is 0 Å². The number of aromatic nitrogens is 2. The van der Waals surface area contributed by atoms with E-state index in [1.807, 2.05) is 6.92 Å². The Balaban J connectivity index is 2.07. The molecule has 0 bridgehead atoms. The van der Waals surface area contributed by atoms with Gasteiger partial charge in [0.15, 0.2) is 11.9 Å². The maximum absolute atomic E-state index is 12.2. The maximum Gasteiger partial charge on any atom is 0.338 e. The van der Waals surface area contributed by atoms with Crippen LogP contribution in [0.4, 0.5) is 5.69 Å². The number of ether oxygens (including phenoxy) is 1. The number of rotatable bonds is 7. The fraction of sp³-hybridized carbons (Fsp3) is 0.400. The predicted molar refractivity (Wildman–Crippen MR) is 87.0 cm³/mol. The van der Waals surface area contributed by atoms with Gasteiger partial charge in [-0.15, -0.1) is 0 Å². The van der Waals surface area contributed by atoms with Crippen LogP contribution in [-0.4, -0.2) is 30.8 Å². The zero-order valence-corrected chi connectivity index (χ0v) is 14.5. The number of esters is 1. The van der Waals surface area contributed by atoms with Crippen LogP contribution in [0.3, 0.4) is 0 Å². The molecule has 0 fully saturated rings. The molecule has 0 spiro atoms. The quantitative estimate of drug-likeness (QED) is 0.760. The second kappa shape index (κ2) is 7.43. The summed E-state index contributed by atoms with van der Waals surface area (Å²) < 4.78 is 35.2. The Labute approximate surface area is 140 Å². The van der Waals surface area contributed by atoms with Gasteiger partial charge in [0.1, 0.15) is 0 Å². The lowest BCUT2D eigenvalue weighted by Gasteiger charge is -2.10. The average Bonchev–Trinajstić information content (AvgIpc) is 2.95. The molecule has 0 amide bonds. The van der Waals surface area contributed by atoms with Gasteiger partial charge in [-0.2, -0.15) is 4.98 Å². The van der Waals surface area contributed by atoms with Gasteiger partial charge in [0.25, 0.3) is 5.89 Å². The standard InChI is InChI=1S/C15H19N3O5S/c1-4-6-13-16-14(23-17-13)10(2)22-15(19)11-7-5-8-12(9-11)18-24(3,20)21/h5,7-10,18H,4,6H2,1-3H3. The van der Waals surface area contributed by atoms with Gasteiger partial charge in [0.2, 0.25) is 10.0 Å². The van der Waals surface area contributed by atoms with Gasteiger partial charge in [-0.05, 0) is 31.5 Å². The van der Waals surface area contributed by atoms with Crippen LogP contribution in [0.2, 0.25) is 0 Å². The number of hydrogen-bond acceptors (Lipinski definition) is 7. The largest absolute Gasteiger partial charge is 0.449 e. The Morgan fingerprint density at radius 1 is 1.42 bits per heavy atom. The lowest BCUT2D eigenvalue weighted by molar-refractivity contribution is 0.0265. The first-order chi connectivity index (χ1) is 11.3. The van der Waals surface area contributed by atoms with Crippen LogP contribution in [0.15, 0.2) is 28.8 Å². The van der Waals surface area contributed by atoms with Crippen molar-refractivity contribution in [3.63, 3.8) is 0 Å². The van der Waals surface area contributed by atoms with E-state index < -0.39 is 22.1 Å². The summed E-state index contributed by atoms with van der Waals surface area (Å²) in [5.74, 6) is 0.168. The highest BCUT2D eigenvalue weighted by atomic mass is 32.2. The Morgan fingerprint density at radius 2 is 2.17 bits per heavy atom. The molecule has 0 saturated carbocycles. The van der Waals surface area contributed by atoms with Gasteiger partial charge in [0, 0.05) is 12.1 Å². The van der Waals surface area contributed by atoms with Gasteiger partial charge in [-0.3, -0.25) is 4.72 Å². The van der Waals surface area contributed by atoms with Gasteiger partial charge in [-0.1, -0.05) is 18.1 Å². The van der Waals surface area contributed by atoms with Crippen LogP contribution in [0.1, 0.15) is 48.4 Å². The van der Waals surface area contributed by atoms with Crippen molar-refractivity contribution in [2.24, 2.45) is 0 Å². The zero-order valence-electron chi connectivity index (χ0n) is 13.6. The Hall–Kier alpha value is -2.42. The highest BCUT2D eigenvalue weighted by Crippen LogP contribution is 2.19. The summed E-state index contributed by atoms with van der Waals surface area (Å²) >= 11 is 0. The molecule has 0 aliphatic carbocycles. The molecular weight excluding hydrogens is 334 g/mol. The fourth-order valence-electron chi connectivity index (χ4n) is 1.96. The third kappa shape index (κ3) is 5.05. The molecule has 24 heavy (non-hydrogen) atoms. The molecule has 8 nitrogen and oxygen atoms in total. The minimum absolute atomic E-state index is 0.212. The minimum Gasteiger partial charge on any atom is -0.449 e. The molecule has 1 unspecified atom stereocenters. The number of benzene rings is 1. The summed E-state index contributed by atoms with van der Waals surface area (Å²) in [5.41, 5.74) is 0.492. The van der Waals surface area contributed by atoms with E-state index in [4.69, 9.17) is 9.26 Å². The first-order valence-corrected chi connectivity index (χ1v) is 9.29. The fourth-order valence-corrected chi connectivity index (χ4v) is 2.52. The van der Waals surface area contributed by atoms with E-state index >= 15 is 0 Å². The predicted octanol–water partition coefficient (Wildman–Crippen LogP) is 2.31. The second-order valence-electron chi connectivity index (χ2n) is 5.30. The summed E-state index contributed by atoms with van der Waals surface area (Å²) in [6.45, 7) is 3.62. The molecule has 9 heteroatoms. The van der Waals surface area contributed by atoms with Gasteiger partial charge in [0.05, 0.1) is 11.8 Å². The summed E-state index contributed by atoms with van der Waals surface area (Å²) in [6, 6.07) is 6.02. The summed E-state index contributed by atoms with van der Waals surface area (Å²) in [4.78, 5) is 16.4. The molecule has 130 valence electrons. The van der Waals surface area contributed by atoms with E-state index in [1.165, 1.54) is 18.2 Å². The van der Waals surface area contributed by atoms with Crippen molar-refractivity contribution in [3.8, 4) is 0 Å². The third-order valence-corrected chi connectivity index (χ3v) is 3.60. The summed E-state index contributed by atoms with van der Waals surface area (Å²) in [6.07, 6.45) is 1.89. The molecule has 1 N–H and O–H groups in total. The van der Waals surface area contributed by atoms with E-state index in [2.05, 4.69) is 14.9 Å². The van der Waals surface area contributed by atoms with Gasteiger partial charge >= 0.3 is 5.97 Å². The van der Waals surface area contributed by atoms with Crippen LogP contribution >= 0.6 is 0 Å². The lowest BCUT2D eigenvalue weighted by Crippen LogP contribution is -2.12. The van der Waals surface area contributed by atoms with Crippen molar-refractivity contribution in [1.29, 1.82) is 0 Å². The molecule has 1 heterocycles. The van der Waals surface area contributed by atoms with E-state index in [-0.39, 0.29) is 17.1 Å². The van der Waals surface area contributed by atoms with Crippen molar-refractivity contribution in [2.75, 3.05) is 11.0 Å². The van der Waals surface area contributed by atoms with E-state index in [0.29, 0.717) is 12.2 Å². The number of aryl methyl sites for hydroxylation is 1. The van der Waals surface area contributed by atoms with Crippen molar-refractivity contribution in [1.82, 2.24) is 10.1 Å². The molecule has 1 atom stereocenters. The molecular formula is C15H19N3O5S. The monoisotopic (exact) mass is 353 g/mol. The number of anilines is 1. The van der Waals surface area contributed by atoms with E-state index in [1.54, 1.807) is 13.0 Å². The number of hydrogen-bond donors (Lipinski definition) is 1. The average molecular weight is 353 g/mol. The SMILES string of the molecule is CCCc1noc(C(C)OC(=O)c2cccc(NS(C)(=O)=O)c2)n1. The Kier molecular flexibility index (Phi) is 5.55. The third-order valence-electron chi connectivity index (χ3n) is 2.99. The first-order valence-electron chi connectivity index (χ1n) is 7.40. The molecule has 2 aromatic rings. The minimum atomic E-state index is -3.42. The number of nitrogens with one attached hydrogen (secondary N) is 1. The van der Waals surface area contributed by atoms with Gasteiger partial charge < -0.3 is 9.26 Å². The molecule has 0 aliphatic rings. The lowest BCUT2D eigenvalue weighted by atomic mass is 10.2. The number of carbonyl (C=O) groups is 1. The van der Waals surface area contributed by atoms with Crippen LogP contribution in [-0.2, 0) is 21.2 Å². The zero-order chi connectivity index (χ0) is 17.7. The van der Waals surface area contributed by atoms with Crippen molar-refractivity contribution < 1.29 is 22.5 Å². The summed E-state index contributed by atoms with van der Waals surface area (Å²) in [7, 11) is -3.42. The van der Waals surface area contributed by atoms with Crippen LogP contribution in [0.25, 0.3) is 0 Å². The second-order valence-corrected chi connectivity index (χ2v) is 7.05. The number of sulfonamides is 1. The molecule has 1 aromatic carbocycles. The first kappa shape index (κ1) is 17.9. The van der Waals surface area contributed by atoms with Crippen LogP contribution < -0.4 is 4.72 Å². The normalized spacial score (nSPS) is 12.6. The van der Waals surface area contributed by atoms with E-state index in [9.17, 15) is 13.2 Å². The van der Waals surface area contributed by atoms with Crippen molar-refractivity contribution in [2.45, 2.75) is 32.8 Å². The highest BCUT2D eigenvalue weighted by molar-refractivity contribution is 7.92. The highest BCUT2D eigenvalue weighted by Gasteiger charge is 2.19.